The van der Waals surface area contributed by atoms with Crippen molar-refractivity contribution in [1.29, 1.82) is 0 Å². The van der Waals surface area contributed by atoms with E-state index in [0.717, 1.165) is 0 Å². The number of likely N-dealkylation sites (N-methyl/N-ethyl adjacent to an activating group) is 2. The first-order valence-corrected chi connectivity index (χ1v) is 8.21. The Balaban J connectivity index is 0.000000114. The number of nitrogens with zero attached hydrogens (tertiary/aromatic N) is 4. The molecule has 4 aliphatic rings. The minimum atomic E-state index is 1.25. The van der Waals surface area contributed by atoms with Crippen molar-refractivity contribution in [2.75, 3.05) is 78.5 Å². The van der Waals surface area contributed by atoms with Crippen molar-refractivity contribution in [2.45, 2.75) is 20.3 Å². The largest absolute Gasteiger partial charge is 0.301 e. The third kappa shape index (κ3) is 9.38. The summed E-state index contributed by atoms with van der Waals surface area (Å²) in [6.07, 6.45) is 1.39. The molecule has 0 unspecified atom stereocenters. The Kier molecular flexibility index (Phi) is 6.57. The molecule has 112 valence electrons. The smallest absolute Gasteiger partial charge is 0.0110 e. The van der Waals surface area contributed by atoms with Crippen LogP contribution in [0, 0.1) is 0 Å². The highest BCUT2D eigenvalue weighted by Gasteiger charge is 2.19. The quantitative estimate of drug-likeness (QED) is 0.655. The zero-order valence-corrected chi connectivity index (χ0v) is 13.0. The fraction of sp³-hybridized carbons (Fsp3) is 1.00. The predicted octanol–water partition coefficient (Wildman–Crippen LogP) is 0.652. The maximum atomic E-state index is 2.49. The van der Waals surface area contributed by atoms with Crippen LogP contribution in [0.3, 0.4) is 0 Å². The Morgan fingerprint density at radius 2 is 0.842 bits per heavy atom. The molecule has 0 amide bonds. The first-order valence-electron chi connectivity index (χ1n) is 8.21. The zero-order valence-electron chi connectivity index (χ0n) is 13.0. The molecule has 4 heterocycles. The molecule has 0 spiro atoms. The Morgan fingerprint density at radius 3 is 1.00 bits per heavy atom. The highest BCUT2D eigenvalue weighted by molar-refractivity contribution is 4.76. The van der Waals surface area contributed by atoms with Crippen LogP contribution in [-0.2, 0) is 0 Å². The molecular weight excluding hydrogens is 236 g/mol. The molecule has 4 heteroatoms. The van der Waals surface area contributed by atoms with E-state index in [9.17, 15) is 0 Å². The van der Waals surface area contributed by atoms with Gasteiger partial charge in [0.25, 0.3) is 0 Å². The molecule has 0 aromatic heterocycles. The second kappa shape index (κ2) is 8.20. The first kappa shape index (κ1) is 15.2. The van der Waals surface area contributed by atoms with E-state index in [1.165, 1.54) is 85.0 Å². The van der Waals surface area contributed by atoms with Crippen molar-refractivity contribution >= 4 is 0 Å². The highest BCUT2D eigenvalue weighted by Crippen LogP contribution is 2.07. The van der Waals surface area contributed by atoms with Gasteiger partial charge in [-0.05, 0) is 32.6 Å². The predicted molar refractivity (Wildman–Crippen MR) is 81.7 cm³/mol. The summed E-state index contributed by atoms with van der Waals surface area (Å²) in [6, 6.07) is 0. The van der Waals surface area contributed by atoms with Gasteiger partial charge in [-0.3, -0.25) is 0 Å². The molecule has 4 nitrogen and oxygen atoms in total. The Morgan fingerprint density at radius 1 is 0.526 bits per heavy atom. The number of hydrogen-bond donors (Lipinski definition) is 0. The first-order chi connectivity index (χ1) is 9.31. The van der Waals surface area contributed by atoms with Gasteiger partial charge >= 0.3 is 0 Å². The fourth-order valence-electron chi connectivity index (χ4n) is 1.88. The van der Waals surface area contributed by atoms with E-state index in [2.05, 4.69) is 33.4 Å². The van der Waals surface area contributed by atoms with E-state index in [1.807, 2.05) is 0 Å². The third-order valence-corrected chi connectivity index (χ3v) is 4.00. The van der Waals surface area contributed by atoms with Gasteiger partial charge in [0.05, 0.1) is 0 Å². The van der Waals surface area contributed by atoms with Crippen LogP contribution in [0.2, 0.25) is 0 Å². The standard InChI is InChI=1S/C7H14N2.2C4H9N/c1(2-8-4-5-8)3-9-6-7-9;2*1-2-5-3-4-5/h1-7H2;2*2-4H2,1H3. The van der Waals surface area contributed by atoms with Gasteiger partial charge in [-0.2, -0.15) is 0 Å². The molecule has 19 heavy (non-hydrogen) atoms. The molecule has 0 bridgehead atoms. The average molecular weight is 268 g/mol. The van der Waals surface area contributed by atoms with E-state index in [4.69, 9.17) is 0 Å². The van der Waals surface area contributed by atoms with Gasteiger partial charge in [0.2, 0.25) is 0 Å². The van der Waals surface area contributed by atoms with Crippen molar-refractivity contribution in [3.8, 4) is 0 Å². The summed E-state index contributed by atoms with van der Waals surface area (Å²) in [5.74, 6) is 0. The van der Waals surface area contributed by atoms with Crippen LogP contribution in [0.1, 0.15) is 20.3 Å². The van der Waals surface area contributed by atoms with Gasteiger partial charge in [-0.25, -0.2) is 0 Å². The van der Waals surface area contributed by atoms with E-state index >= 15 is 0 Å². The molecule has 0 N–H and O–H groups in total. The van der Waals surface area contributed by atoms with Crippen molar-refractivity contribution in [3.63, 3.8) is 0 Å². The van der Waals surface area contributed by atoms with Crippen molar-refractivity contribution in [1.82, 2.24) is 19.6 Å². The summed E-state index contributed by atoms with van der Waals surface area (Å²) in [5.41, 5.74) is 0. The summed E-state index contributed by atoms with van der Waals surface area (Å²) in [5, 5.41) is 0. The molecule has 0 aliphatic carbocycles. The molecular formula is C15H32N4. The van der Waals surface area contributed by atoms with Crippen LogP contribution in [0.15, 0.2) is 0 Å². The average Bonchev–Trinajstić information content (AvgIpc) is 3.32. The molecule has 0 aromatic carbocycles. The lowest BCUT2D eigenvalue weighted by Crippen LogP contribution is -2.06. The summed E-state index contributed by atoms with van der Waals surface area (Å²) in [4.78, 5) is 9.73. The van der Waals surface area contributed by atoms with Crippen LogP contribution in [-0.4, -0.2) is 98.1 Å². The second-order valence-electron chi connectivity index (χ2n) is 5.91. The van der Waals surface area contributed by atoms with E-state index in [-0.39, 0.29) is 0 Å². The minimum Gasteiger partial charge on any atom is -0.301 e. The fourth-order valence-corrected chi connectivity index (χ4v) is 1.88. The van der Waals surface area contributed by atoms with Crippen molar-refractivity contribution < 1.29 is 0 Å². The molecule has 4 rings (SSSR count). The van der Waals surface area contributed by atoms with E-state index in [0.29, 0.717) is 0 Å². The van der Waals surface area contributed by atoms with Gasteiger partial charge in [0, 0.05) is 52.4 Å². The minimum absolute atomic E-state index is 1.25. The molecule has 0 atom stereocenters. The van der Waals surface area contributed by atoms with Crippen LogP contribution >= 0.6 is 0 Å². The topological polar surface area (TPSA) is 12.0 Å². The second-order valence-corrected chi connectivity index (χ2v) is 5.91. The normalized spacial score (nSPS) is 24.9. The number of rotatable bonds is 6. The zero-order chi connectivity index (χ0) is 13.5. The maximum Gasteiger partial charge on any atom is 0.0110 e. The Bertz CT molecular complexity index is 206. The summed E-state index contributed by atoms with van der Waals surface area (Å²) >= 11 is 0. The lowest BCUT2D eigenvalue weighted by atomic mass is 10.4. The Hall–Kier alpha value is -0.160. The summed E-state index contributed by atoms with van der Waals surface area (Å²) in [6.45, 7) is 20.4. The van der Waals surface area contributed by atoms with Gasteiger partial charge < -0.3 is 19.6 Å². The van der Waals surface area contributed by atoms with Crippen molar-refractivity contribution in [2.24, 2.45) is 0 Å². The maximum absolute atomic E-state index is 2.49. The monoisotopic (exact) mass is 268 g/mol. The van der Waals surface area contributed by atoms with Gasteiger partial charge in [0.1, 0.15) is 0 Å². The molecule has 0 aromatic rings. The molecule has 4 aliphatic heterocycles. The third-order valence-electron chi connectivity index (χ3n) is 4.00. The highest BCUT2D eigenvalue weighted by atomic mass is 15.3. The summed E-state index contributed by atoms with van der Waals surface area (Å²) in [7, 11) is 0. The molecule has 0 radical (unpaired) electrons. The lowest BCUT2D eigenvalue weighted by molar-refractivity contribution is 0.466. The van der Waals surface area contributed by atoms with Gasteiger partial charge in [-0.1, -0.05) is 13.8 Å². The van der Waals surface area contributed by atoms with E-state index in [1.54, 1.807) is 0 Å². The van der Waals surface area contributed by atoms with Crippen molar-refractivity contribution in [3.05, 3.63) is 0 Å². The van der Waals surface area contributed by atoms with Crippen LogP contribution in [0.5, 0.6) is 0 Å². The lowest BCUT2D eigenvalue weighted by Gasteiger charge is -1.99. The number of hydrogen-bond acceptors (Lipinski definition) is 4. The van der Waals surface area contributed by atoms with Crippen LogP contribution in [0.4, 0.5) is 0 Å². The van der Waals surface area contributed by atoms with Crippen LogP contribution < -0.4 is 0 Å². The Labute approximate surface area is 119 Å². The summed E-state index contributed by atoms with van der Waals surface area (Å²) < 4.78 is 0. The molecule has 4 fully saturated rings. The molecule has 4 saturated heterocycles. The van der Waals surface area contributed by atoms with E-state index < -0.39 is 0 Å². The molecule has 0 saturated carbocycles. The van der Waals surface area contributed by atoms with Gasteiger partial charge in [-0.15, -0.1) is 0 Å². The van der Waals surface area contributed by atoms with Crippen LogP contribution in [0.25, 0.3) is 0 Å². The van der Waals surface area contributed by atoms with Gasteiger partial charge in [0.15, 0.2) is 0 Å². The SMILES string of the molecule is C(CN1CC1)CN1CC1.CCN1CC1.CCN1CC1.